The highest BCUT2D eigenvalue weighted by molar-refractivity contribution is 5.90. The summed E-state index contributed by atoms with van der Waals surface area (Å²) in [6.07, 6.45) is 1.81. The second-order valence-electron chi connectivity index (χ2n) is 6.46. The summed E-state index contributed by atoms with van der Waals surface area (Å²) in [4.78, 5) is 19.6. The van der Waals surface area contributed by atoms with Crippen molar-refractivity contribution in [3.8, 4) is 17.1 Å². The Morgan fingerprint density at radius 1 is 1.22 bits per heavy atom. The minimum atomic E-state index is -0.585. The van der Waals surface area contributed by atoms with Gasteiger partial charge in [0.1, 0.15) is 11.4 Å². The van der Waals surface area contributed by atoms with Crippen LogP contribution in [0.3, 0.4) is 0 Å². The largest absolute Gasteiger partial charge is 0.480 e. The molecule has 0 aliphatic heterocycles. The summed E-state index contributed by atoms with van der Waals surface area (Å²) in [5.74, 6) is 1.34. The van der Waals surface area contributed by atoms with E-state index in [1.165, 1.54) is 12.3 Å². The number of carbonyl (C=O) groups is 1. The van der Waals surface area contributed by atoms with Gasteiger partial charge in [-0.2, -0.15) is 4.98 Å². The van der Waals surface area contributed by atoms with Crippen molar-refractivity contribution in [1.82, 2.24) is 15.1 Å². The van der Waals surface area contributed by atoms with Crippen LogP contribution in [0.4, 0.5) is 0 Å². The monoisotopic (exact) mass is 366 g/mol. The van der Waals surface area contributed by atoms with E-state index in [4.69, 9.17) is 15.0 Å². The lowest BCUT2D eigenvalue weighted by molar-refractivity contribution is 0.0995. The molecule has 0 radical (unpaired) electrons. The van der Waals surface area contributed by atoms with Gasteiger partial charge in [0, 0.05) is 11.8 Å². The summed E-state index contributed by atoms with van der Waals surface area (Å²) in [5.41, 5.74) is 7.14. The first-order valence-corrected chi connectivity index (χ1v) is 8.85. The third-order valence-electron chi connectivity index (χ3n) is 4.17. The van der Waals surface area contributed by atoms with Crippen LogP contribution in [0.1, 0.15) is 61.2 Å². The molecule has 7 nitrogen and oxygen atoms in total. The zero-order valence-electron chi connectivity index (χ0n) is 15.5. The fourth-order valence-corrected chi connectivity index (χ4v) is 2.68. The Bertz CT molecular complexity index is 919. The molecule has 2 aromatic heterocycles. The number of nitrogens with two attached hydrogens (primary N) is 1. The van der Waals surface area contributed by atoms with Crippen molar-refractivity contribution in [2.24, 2.45) is 5.73 Å². The van der Waals surface area contributed by atoms with Gasteiger partial charge in [0.25, 0.3) is 11.8 Å². The van der Waals surface area contributed by atoms with Crippen LogP contribution in [0, 0.1) is 0 Å². The lowest BCUT2D eigenvalue weighted by Gasteiger charge is -2.18. The Morgan fingerprint density at radius 2 is 2.00 bits per heavy atom. The number of primary amides is 1. The molecule has 0 spiro atoms. The molecule has 140 valence electrons. The van der Waals surface area contributed by atoms with Crippen molar-refractivity contribution in [3.63, 3.8) is 0 Å². The van der Waals surface area contributed by atoms with E-state index in [9.17, 15) is 4.79 Å². The van der Waals surface area contributed by atoms with Crippen LogP contribution < -0.4 is 10.5 Å². The summed E-state index contributed by atoms with van der Waals surface area (Å²) in [5, 5.41) is 4.01. The van der Waals surface area contributed by atoms with E-state index in [2.05, 4.69) is 35.0 Å². The fraction of sp³-hybridized carbons (Fsp3) is 0.300. The molecule has 1 aromatic carbocycles. The van der Waals surface area contributed by atoms with Gasteiger partial charge in [-0.05, 0) is 36.1 Å². The van der Waals surface area contributed by atoms with Gasteiger partial charge in [-0.1, -0.05) is 44.1 Å². The molecular weight excluding hydrogens is 344 g/mol. The maximum atomic E-state index is 11.1. The predicted molar refractivity (Wildman–Crippen MR) is 100 cm³/mol. The average Bonchev–Trinajstić information content (AvgIpc) is 3.16. The molecule has 27 heavy (non-hydrogen) atoms. The topological polar surface area (TPSA) is 104 Å². The molecule has 1 atom stereocenters. The Morgan fingerprint density at radius 3 is 2.63 bits per heavy atom. The van der Waals surface area contributed by atoms with Crippen LogP contribution >= 0.6 is 0 Å². The second-order valence-corrected chi connectivity index (χ2v) is 6.46. The molecule has 0 saturated carbocycles. The molecule has 2 N–H and O–H groups in total. The molecule has 0 bridgehead atoms. The third-order valence-corrected chi connectivity index (χ3v) is 4.17. The first-order valence-electron chi connectivity index (χ1n) is 8.85. The lowest BCUT2D eigenvalue weighted by Crippen LogP contribution is -2.12. The summed E-state index contributed by atoms with van der Waals surface area (Å²) in [6.45, 7) is 6.24. The van der Waals surface area contributed by atoms with Gasteiger partial charge < -0.3 is 15.0 Å². The molecule has 0 fully saturated rings. The van der Waals surface area contributed by atoms with E-state index >= 15 is 0 Å². The predicted octanol–water partition coefficient (Wildman–Crippen LogP) is 3.88. The number of ether oxygens (including phenoxy) is 1. The summed E-state index contributed by atoms with van der Waals surface area (Å²) in [7, 11) is 0. The van der Waals surface area contributed by atoms with Gasteiger partial charge in [0.15, 0.2) is 6.10 Å². The molecule has 2 heterocycles. The van der Waals surface area contributed by atoms with Crippen molar-refractivity contribution < 1.29 is 14.1 Å². The minimum Gasteiger partial charge on any atom is -0.480 e. The number of hydrogen-bond donors (Lipinski definition) is 1. The van der Waals surface area contributed by atoms with E-state index in [0.29, 0.717) is 29.6 Å². The van der Waals surface area contributed by atoms with Crippen LogP contribution in [0.5, 0.6) is 5.75 Å². The molecule has 1 amide bonds. The maximum Gasteiger partial charge on any atom is 0.268 e. The van der Waals surface area contributed by atoms with Gasteiger partial charge in [0.05, 0.1) is 0 Å². The zero-order chi connectivity index (χ0) is 19.4. The van der Waals surface area contributed by atoms with Crippen molar-refractivity contribution in [2.75, 3.05) is 0 Å². The van der Waals surface area contributed by atoms with Crippen molar-refractivity contribution in [3.05, 3.63) is 59.7 Å². The van der Waals surface area contributed by atoms with Crippen LogP contribution in [-0.2, 0) is 0 Å². The van der Waals surface area contributed by atoms with E-state index in [1.54, 1.807) is 6.07 Å². The van der Waals surface area contributed by atoms with Crippen molar-refractivity contribution in [1.29, 1.82) is 0 Å². The number of benzene rings is 1. The van der Waals surface area contributed by atoms with Gasteiger partial charge in [-0.3, -0.25) is 9.78 Å². The van der Waals surface area contributed by atoms with Crippen LogP contribution in [0.15, 0.2) is 47.1 Å². The quantitative estimate of drug-likeness (QED) is 0.680. The van der Waals surface area contributed by atoms with Crippen molar-refractivity contribution >= 4 is 5.91 Å². The number of amides is 1. The Balaban J connectivity index is 1.82. The SMILES string of the molecule is CCC(Oc1ccccc1C(C)C)c1nc(-c2ccc(C(N)=O)nc2)no1. The molecule has 3 aromatic rings. The Hall–Kier alpha value is -3.22. The summed E-state index contributed by atoms with van der Waals surface area (Å²) in [6, 6.07) is 11.1. The Kier molecular flexibility index (Phi) is 5.49. The van der Waals surface area contributed by atoms with Crippen LogP contribution in [0.25, 0.3) is 11.4 Å². The summed E-state index contributed by atoms with van der Waals surface area (Å²) < 4.78 is 11.6. The number of para-hydroxylation sites is 1. The first-order chi connectivity index (χ1) is 13.0. The number of carbonyl (C=O) groups excluding carboxylic acids is 1. The van der Waals surface area contributed by atoms with Crippen LogP contribution in [-0.4, -0.2) is 21.0 Å². The van der Waals surface area contributed by atoms with E-state index in [1.807, 2.05) is 25.1 Å². The average molecular weight is 366 g/mol. The molecule has 0 aliphatic carbocycles. The van der Waals surface area contributed by atoms with Gasteiger partial charge in [0.2, 0.25) is 5.82 Å². The van der Waals surface area contributed by atoms with Crippen molar-refractivity contribution in [2.45, 2.75) is 39.2 Å². The highest BCUT2D eigenvalue weighted by Gasteiger charge is 2.21. The van der Waals surface area contributed by atoms with E-state index in [-0.39, 0.29) is 11.8 Å². The highest BCUT2D eigenvalue weighted by atomic mass is 16.5. The molecule has 1 unspecified atom stereocenters. The molecule has 3 rings (SSSR count). The molecule has 0 aliphatic rings. The number of rotatable bonds is 7. The summed E-state index contributed by atoms with van der Waals surface area (Å²) >= 11 is 0. The number of aromatic nitrogens is 3. The second kappa shape index (κ2) is 7.99. The first kappa shape index (κ1) is 18.6. The number of hydrogen-bond acceptors (Lipinski definition) is 6. The molecular formula is C20H22N4O3. The third kappa shape index (κ3) is 4.13. The van der Waals surface area contributed by atoms with Gasteiger partial charge in [-0.25, -0.2) is 0 Å². The van der Waals surface area contributed by atoms with E-state index in [0.717, 1.165) is 11.3 Å². The maximum absolute atomic E-state index is 11.1. The normalized spacial score (nSPS) is 12.1. The fourth-order valence-electron chi connectivity index (χ4n) is 2.68. The number of pyridine rings is 1. The Labute approximate surface area is 157 Å². The number of nitrogens with zero attached hydrogens (tertiary/aromatic N) is 3. The zero-order valence-corrected chi connectivity index (χ0v) is 15.5. The molecule has 7 heteroatoms. The highest BCUT2D eigenvalue weighted by Crippen LogP contribution is 2.31. The standard InChI is InChI=1S/C20H22N4O3/c1-4-16(26-17-8-6-5-7-14(17)12(2)3)20-23-19(24-27-20)13-9-10-15(18(21)25)22-11-13/h5-12,16H,4H2,1-3H3,(H2,21,25). The van der Waals surface area contributed by atoms with Gasteiger partial charge >= 0.3 is 0 Å². The van der Waals surface area contributed by atoms with Gasteiger partial charge in [-0.15, -0.1) is 0 Å². The van der Waals surface area contributed by atoms with Crippen LogP contribution in [0.2, 0.25) is 0 Å². The lowest BCUT2D eigenvalue weighted by atomic mass is 10.0. The molecule has 0 saturated heterocycles. The van der Waals surface area contributed by atoms with E-state index < -0.39 is 5.91 Å². The smallest absolute Gasteiger partial charge is 0.268 e. The minimum absolute atomic E-state index is 0.183.